The first-order chi connectivity index (χ1) is 8.74. The summed E-state index contributed by atoms with van der Waals surface area (Å²) in [6.07, 6.45) is 4.44. The van der Waals surface area contributed by atoms with Gasteiger partial charge in [0.2, 0.25) is 0 Å². The van der Waals surface area contributed by atoms with Crippen molar-refractivity contribution < 1.29 is 19.4 Å². The molecule has 0 aromatic rings. The first-order valence-electron chi connectivity index (χ1n) is 6.77. The number of methoxy groups -OCH3 is 1. The molecule has 1 fully saturated rings. The highest BCUT2D eigenvalue weighted by atomic mass is 16.5. The number of hydrogen-bond acceptors (Lipinski definition) is 4. The SMILES string of the molecule is COCCCOCCNC1CCC(C(=O)O)CC1. The fourth-order valence-corrected chi connectivity index (χ4v) is 2.29. The highest BCUT2D eigenvalue weighted by Gasteiger charge is 2.25. The Morgan fingerprint density at radius 1 is 1.22 bits per heavy atom. The summed E-state index contributed by atoms with van der Waals surface area (Å²) in [6, 6.07) is 0.461. The monoisotopic (exact) mass is 259 g/mol. The van der Waals surface area contributed by atoms with Gasteiger partial charge in [-0.3, -0.25) is 4.79 Å². The standard InChI is InChI=1S/C13H25NO4/c1-17-8-2-9-18-10-7-14-12-5-3-11(4-6-12)13(15)16/h11-12,14H,2-10H2,1H3,(H,15,16). The maximum absolute atomic E-state index is 10.8. The Bertz CT molecular complexity index is 227. The Hall–Kier alpha value is -0.650. The molecule has 0 spiro atoms. The third-order valence-corrected chi connectivity index (χ3v) is 3.39. The van der Waals surface area contributed by atoms with E-state index in [1.54, 1.807) is 7.11 Å². The van der Waals surface area contributed by atoms with E-state index in [1.165, 1.54) is 0 Å². The topological polar surface area (TPSA) is 67.8 Å². The number of carboxylic acids is 1. The van der Waals surface area contributed by atoms with Crippen molar-refractivity contribution in [1.29, 1.82) is 0 Å². The second kappa shape index (κ2) is 9.30. The van der Waals surface area contributed by atoms with Gasteiger partial charge in [0.25, 0.3) is 0 Å². The zero-order chi connectivity index (χ0) is 13.2. The summed E-state index contributed by atoms with van der Waals surface area (Å²) in [5.74, 6) is -0.775. The lowest BCUT2D eigenvalue weighted by molar-refractivity contribution is -0.142. The van der Waals surface area contributed by atoms with E-state index in [-0.39, 0.29) is 5.92 Å². The van der Waals surface area contributed by atoms with Crippen molar-refractivity contribution in [1.82, 2.24) is 5.32 Å². The van der Waals surface area contributed by atoms with Crippen molar-refractivity contribution in [3.8, 4) is 0 Å². The molecule has 0 radical (unpaired) electrons. The molecule has 1 aliphatic carbocycles. The van der Waals surface area contributed by atoms with Crippen LogP contribution in [0.15, 0.2) is 0 Å². The summed E-state index contributed by atoms with van der Waals surface area (Å²) >= 11 is 0. The Kier molecular flexibility index (Phi) is 7.96. The summed E-state index contributed by atoms with van der Waals surface area (Å²) in [7, 11) is 1.69. The molecular weight excluding hydrogens is 234 g/mol. The van der Waals surface area contributed by atoms with Gasteiger partial charge < -0.3 is 19.9 Å². The number of nitrogens with one attached hydrogen (secondary N) is 1. The first kappa shape index (κ1) is 15.4. The van der Waals surface area contributed by atoms with Gasteiger partial charge >= 0.3 is 5.97 Å². The van der Waals surface area contributed by atoms with Crippen LogP contribution < -0.4 is 5.32 Å². The maximum Gasteiger partial charge on any atom is 0.306 e. The maximum atomic E-state index is 10.8. The van der Waals surface area contributed by atoms with Crippen LogP contribution >= 0.6 is 0 Å². The summed E-state index contributed by atoms with van der Waals surface area (Å²) in [6.45, 7) is 3.03. The van der Waals surface area contributed by atoms with E-state index in [0.29, 0.717) is 12.6 Å². The molecule has 5 nitrogen and oxygen atoms in total. The molecule has 1 saturated carbocycles. The lowest BCUT2D eigenvalue weighted by atomic mass is 9.86. The molecule has 0 atom stereocenters. The van der Waals surface area contributed by atoms with E-state index >= 15 is 0 Å². The van der Waals surface area contributed by atoms with Crippen LogP contribution in [-0.4, -0.2) is 50.6 Å². The van der Waals surface area contributed by atoms with Crippen LogP contribution in [-0.2, 0) is 14.3 Å². The van der Waals surface area contributed by atoms with Gasteiger partial charge in [-0.25, -0.2) is 0 Å². The third kappa shape index (κ3) is 6.33. The molecule has 0 aromatic carbocycles. The predicted octanol–water partition coefficient (Wildman–Crippen LogP) is 1.27. The molecule has 1 rings (SSSR count). The van der Waals surface area contributed by atoms with Gasteiger partial charge in [-0.15, -0.1) is 0 Å². The molecular formula is C13H25NO4. The number of hydrogen-bond donors (Lipinski definition) is 2. The number of carboxylic acid groups (broad SMARTS) is 1. The molecule has 0 aliphatic heterocycles. The molecule has 0 bridgehead atoms. The fourth-order valence-electron chi connectivity index (χ4n) is 2.29. The quantitative estimate of drug-likeness (QED) is 0.610. The normalized spacial score (nSPS) is 24.1. The average molecular weight is 259 g/mol. The molecule has 0 heterocycles. The Balaban J connectivity index is 1.93. The fraction of sp³-hybridized carbons (Fsp3) is 0.923. The number of rotatable bonds is 9. The van der Waals surface area contributed by atoms with Crippen molar-refractivity contribution in [2.24, 2.45) is 5.92 Å². The second-order valence-corrected chi connectivity index (χ2v) is 4.80. The van der Waals surface area contributed by atoms with Gasteiger partial charge in [0, 0.05) is 32.9 Å². The van der Waals surface area contributed by atoms with Gasteiger partial charge in [-0.1, -0.05) is 0 Å². The minimum Gasteiger partial charge on any atom is -0.481 e. The van der Waals surface area contributed by atoms with Crippen molar-refractivity contribution >= 4 is 5.97 Å². The van der Waals surface area contributed by atoms with Gasteiger partial charge in [0.05, 0.1) is 12.5 Å². The van der Waals surface area contributed by atoms with Crippen molar-refractivity contribution in [2.45, 2.75) is 38.1 Å². The van der Waals surface area contributed by atoms with Crippen molar-refractivity contribution in [3.05, 3.63) is 0 Å². The van der Waals surface area contributed by atoms with E-state index in [1.807, 2.05) is 0 Å². The van der Waals surface area contributed by atoms with Crippen molar-refractivity contribution in [3.63, 3.8) is 0 Å². The van der Waals surface area contributed by atoms with Gasteiger partial charge in [-0.05, 0) is 32.1 Å². The molecule has 2 N–H and O–H groups in total. The second-order valence-electron chi connectivity index (χ2n) is 4.80. The summed E-state index contributed by atoms with van der Waals surface area (Å²) < 4.78 is 10.4. The van der Waals surface area contributed by atoms with E-state index in [2.05, 4.69) is 5.32 Å². The molecule has 0 saturated heterocycles. The average Bonchev–Trinajstić information content (AvgIpc) is 2.38. The molecule has 106 valence electrons. The molecule has 0 amide bonds. The molecule has 5 heteroatoms. The smallest absolute Gasteiger partial charge is 0.306 e. The lowest BCUT2D eigenvalue weighted by Gasteiger charge is -2.26. The number of ether oxygens (including phenoxy) is 2. The molecule has 1 aliphatic rings. The largest absolute Gasteiger partial charge is 0.481 e. The number of carbonyl (C=O) groups is 1. The summed E-state index contributed by atoms with van der Waals surface area (Å²) in [5.41, 5.74) is 0. The number of aliphatic carboxylic acids is 1. The van der Waals surface area contributed by atoms with Crippen LogP contribution in [0.5, 0.6) is 0 Å². The van der Waals surface area contributed by atoms with E-state index in [0.717, 1.165) is 51.9 Å². The Morgan fingerprint density at radius 3 is 2.56 bits per heavy atom. The first-order valence-corrected chi connectivity index (χ1v) is 6.77. The van der Waals surface area contributed by atoms with Crippen molar-refractivity contribution in [2.75, 3.05) is 33.5 Å². The molecule has 0 unspecified atom stereocenters. The van der Waals surface area contributed by atoms with Crippen LogP contribution in [0.4, 0.5) is 0 Å². The predicted molar refractivity (Wildman–Crippen MR) is 68.7 cm³/mol. The highest BCUT2D eigenvalue weighted by molar-refractivity contribution is 5.70. The third-order valence-electron chi connectivity index (χ3n) is 3.39. The molecule has 0 aromatic heterocycles. The lowest BCUT2D eigenvalue weighted by Crippen LogP contribution is -2.36. The zero-order valence-corrected chi connectivity index (χ0v) is 11.2. The minimum atomic E-state index is -0.644. The van der Waals surface area contributed by atoms with Crippen LogP contribution in [0, 0.1) is 5.92 Å². The van der Waals surface area contributed by atoms with E-state index in [9.17, 15) is 4.79 Å². The van der Waals surface area contributed by atoms with Crippen LogP contribution in [0.25, 0.3) is 0 Å². The highest BCUT2D eigenvalue weighted by Crippen LogP contribution is 2.24. The Morgan fingerprint density at radius 2 is 1.94 bits per heavy atom. The van der Waals surface area contributed by atoms with E-state index < -0.39 is 5.97 Å². The van der Waals surface area contributed by atoms with Crippen LogP contribution in [0.3, 0.4) is 0 Å². The van der Waals surface area contributed by atoms with Gasteiger partial charge in [0.1, 0.15) is 0 Å². The van der Waals surface area contributed by atoms with Crippen LogP contribution in [0.2, 0.25) is 0 Å². The van der Waals surface area contributed by atoms with E-state index in [4.69, 9.17) is 14.6 Å². The van der Waals surface area contributed by atoms with Gasteiger partial charge in [0.15, 0.2) is 0 Å². The zero-order valence-electron chi connectivity index (χ0n) is 11.2. The van der Waals surface area contributed by atoms with Gasteiger partial charge in [-0.2, -0.15) is 0 Å². The Labute approximate surface area is 109 Å². The summed E-state index contributed by atoms with van der Waals surface area (Å²) in [5, 5.41) is 12.3. The summed E-state index contributed by atoms with van der Waals surface area (Å²) in [4.78, 5) is 10.8. The molecule has 18 heavy (non-hydrogen) atoms. The van der Waals surface area contributed by atoms with Crippen LogP contribution in [0.1, 0.15) is 32.1 Å². The minimum absolute atomic E-state index is 0.131.